The summed E-state index contributed by atoms with van der Waals surface area (Å²) in [6.07, 6.45) is 0. The molecule has 0 radical (unpaired) electrons. The zero-order valence-electron chi connectivity index (χ0n) is 10.1. The maximum atomic E-state index is 12.4. The number of β-amino-alcohol motifs (C(OH)–C–C–N with tert-alkyl or cyclic N) is 1. The van der Waals surface area contributed by atoms with Crippen molar-refractivity contribution in [3.63, 3.8) is 0 Å². The van der Waals surface area contributed by atoms with Crippen molar-refractivity contribution in [2.24, 2.45) is 0 Å². The van der Waals surface area contributed by atoms with Crippen LogP contribution in [-0.2, 0) is 10.0 Å². The highest BCUT2D eigenvalue weighted by Gasteiger charge is 2.30. The maximum absolute atomic E-state index is 12.4. The number of thiophene rings is 1. The van der Waals surface area contributed by atoms with Crippen molar-refractivity contribution in [1.29, 1.82) is 0 Å². The van der Waals surface area contributed by atoms with Gasteiger partial charge in [0.25, 0.3) is 10.0 Å². The molecule has 2 rings (SSSR count). The Kier molecular flexibility index (Phi) is 5.27. The third kappa shape index (κ3) is 3.49. The van der Waals surface area contributed by atoms with Crippen molar-refractivity contribution >= 4 is 48.9 Å². The van der Waals surface area contributed by atoms with E-state index >= 15 is 0 Å². The van der Waals surface area contributed by atoms with Crippen LogP contribution in [0.25, 0.3) is 0 Å². The molecule has 1 aromatic rings. The van der Waals surface area contributed by atoms with Gasteiger partial charge in [-0.2, -0.15) is 4.31 Å². The highest BCUT2D eigenvalue weighted by atomic mass is 79.9. The normalized spacial score (nSPS) is 18.9. The predicted octanol–water partition coefficient (Wildman–Crippen LogP) is 1.46. The Bertz CT molecular complexity index is 521. The number of rotatable bonds is 4. The fourth-order valence-corrected chi connectivity index (χ4v) is 5.89. The molecule has 9 heteroatoms. The summed E-state index contributed by atoms with van der Waals surface area (Å²) < 4.78 is 27.2. The summed E-state index contributed by atoms with van der Waals surface area (Å²) in [7, 11) is -3.45. The summed E-state index contributed by atoms with van der Waals surface area (Å²) in [5, 5.41) is 9.28. The number of piperazine rings is 1. The van der Waals surface area contributed by atoms with Gasteiger partial charge in [-0.3, -0.25) is 4.90 Å². The molecule has 1 fully saturated rings. The highest BCUT2D eigenvalue weighted by molar-refractivity contribution is 9.11. The Balaban J connectivity index is 2.09. The molecule has 0 unspecified atom stereocenters. The quantitative estimate of drug-likeness (QED) is 0.847. The molecule has 0 atom stereocenters. The Labute approximate surface area is 130 Å². The summed E-state index contributed by atoms with van der Waals surface area (Å²) in [5.41, 5.74) is 0. The van der Waals surface area contributed by atoms with Gasteiger partial charge in [0.1, 0.15) is 4.21 Å². The second-order valence-corrected chi connectivity index (χ2v) is 9.10. The number of halogens is 2. The van der Waals surface area contributed by atoms with Crippen LogP contribution in [0.5, 0.6) is 0 Å². The van der Waals surface area contributed by atoms with Crippen LogP contribution in [0.4, 0.5) is 0 Å². The van der Waals surface area contributed by atoms with E-state index in [0.29, 0.717) is 41.5 Å². The fraction of sp³-hybridized carbons (Fsp3) is 0.600. The summed E-state index contributed by atoms with van der Waals surface area (Å²) in [4.78, 5) is 2.04. The van der Waals surface area contributed by atoms with Gasteiger partial charge in [0.15, 0.2) is 0 Å². The minimum Gasteiger partial charge on any atom is -0.395 e. The lowest BCUT2D eigenvalue weighted by molar-refractivity contribution is 0.151. The SMILES string of the molecule is O=S(=O)(c1cc(Cl)c(Br)s1)N1CCN(CCO)CC1. The molecule has 108 valence electrons. The third-order valence-corrected chi connectivity index (χ3v) is 7.79. The third-order valence-electron chi connectivity index (χ3n) is 2.96. The molecule has 5 nitrogen and oxygen atoms in total. The van der Waals surface area contributed by atoms with Gasteiger partial charge in [-0.1, -0.05) is 11.6 Å². The molecule has 0 aliphatic carbocycles. The molecule has 0 bridgehead atoms. The molecule has 1 saturated heterocycles. The highest BCUT2D eigenvalue weighted by Crippen LogP contribution is 2.36. The van der Waals surface area contributed by atoms with Crippen LogP contribution in [0, 0.1) is 0 Å². The van der Waals surface area contributed by atoms with Crippen LogP contribution in [0.2, 0.25) is 5.02 Å². The second kappa shape index (κ2) is 6.38. The van der Waals surface area contributed by atoms with Crippen molar-refractivity contribution in [3.05, 3.63) is 14.9 Å². The molecule has 1 aliphatic heterocycles. The molecule has 19 heavy (non-hydrogen) atoms. The summed E-state index contributed by atoms with van der Waals surface area (Å²) in [6, 6.07) is 1.48. The van der Waals surface area contributed by atoms with Gasteiger partial charge < -0.3 is 5.11 Å². The Morgan fingerprint density at radius 1 is 1.37 bits per heavy atom. The zero-order chi connectivity index (χ0) is 14.0. The lowest BCUT2D eigenvalue weighted by Gasteiger charge is -2.33. The minimum absolute atomic E-state index is 0.0974. The van der Waals surface area contributed by atoms with Crippen LogP contribution in [0.1, 0.15) is 0 Å². The Morgan fingerprint density at radius 2 is 2.00 bits per heavy atom. The Morgan fingerprint density at radius 3 is 2.47 bits per heavy atom. The molecular formula is C10H14BrClN2O3S2. The van der Waals surface area contributed by atoms with Crippen molar-refractivity contribution in [2.45, 2.75) is 4.21 Å². The zero-order valence-corrected chi connectivity index (χ0v) is 14.0. The molecule has 0 spiro atoms. The van der Waals surface area contributed by atoms with E-state index < -0.39 is 10.0 Å². The molecule has 1 N–H and O–H groups in total. The van der Waals surface area contributed by atoms with Crippen LogP contribution in [0.15, 0.2) is 14.1 Å². The lowest BCUT2D eigenvalue weighted by atomic mass is 10.4. The van der Waals surface area contributed by atoms with Crippen LogP contribution < -0.4 is 0 Å². The van der Waals surface area contributed by atoms with Crippen LogP contribution in [-0.4, -0.2) is 62.1 Å². The van der Waals surface area contributed by atoms with E-state index in [1.807, 2.05) is 4.90 Å². The monoisotopic (exact) mass is 388 g/mol. The maximum Gasteiger partial charge on any atom is 0.252 e. The molecule has 1 aliphatic rings. The average Bonchev–Trinajstić information content (AvgIpc) is 2.71. The van der Waals surface area contributed by atoms with E-state index in [2.05, 4.69) is 15.9 Å². The van der Waals surface area contributed by atoms with Crippen molar-refractivity contribution in [1.82, 2.24) is 9.21 Å². The van der Waals surface area contributed by atoms with E-state index in [9.17, 15) is 8.42 Å². The first-order valence-electron chi connectivity index (χ1n) is 5.73. The van der Waals surface area contributed by atoms with Crippen LogP contribution >= 0.6 is 38.9 Å². The summed E-state index contributed by atoms with van der Waals surface area (Å²) in [6.45, 7) is 2.84. The van der Waals surface area contributed by atoms with Gasteiger partial charge in [-0.15, -0.1) is 11.3 Å². The molecule has 0 amide bonds. The van der Waals surface area contributed by atoms with E-state index in [-0.39, 0.29) is 10.8 Å². The first-order chi connectivity index (χ1) is 8.95. The minimum atomic E-state index is -3.45. The number of aliphatic hydroxyl groups is 1. The summed E-state index contributed by atoms with van der Waals surface area (Å²) in [5.74, 6) is 0. The predicted molar refractivity (Wildman–Crippen MR) is 79.3 cm³/mol. The van der Waals surface area contributed by atoms with E-state index in [0.717, 1.165) is 11.3 Å². The number of sulfonamides is 1. The van der Waals surface area contributed by atoms with Gasteiger partial charge in [0, 0.05) is 32.7 Å². The first kappa shape index (κ1) is 15.7. The Hall–Kier alpha value is 0.300. The molecule has 0 saturated carbocycles. The van der Waals surface area contributed by atoms with Gasteiger partial charge in [-0.25, -0.2) is 8.42 Å². The fourth-order valence-electron chi connectivity index (χ4n) is 1.92. The van der Waals surface area contributed by atoms with Crippen LogP contribution in [0.3, 0.4) is 0 Å². The molecule has 0 aromatic carbocycles. The summed E-state index contributed by atoms with van der Waals surface area (Å²) >= 11 is 10.2. The smallest absolute Gasteiger partial charge is 0.252 e. The molecule has 2 heterocycles. The van der Waals surface area contributed by atoms with Gasteiger partial charge in [0.05, 0.1) is 15.4 Å². The number of hydrogen-bond donors (Lipinski definition) is 1. The number of nitrogens with zero attached hydrogens (tertiary/aromatic N) is 2. The molecule has 1 aromatic heterocycles. The van der Waals surface area contributed by atoms with Gasteiger partial charge in [-0.05, 0) is 22.0 Å². The number of aliphatic hydroxyl groups excluding tert-OH is 1. The lowest BCUT2D eigenvalue weighted by Crippen LogP contribution is -2.49. The van der Waals surface area contributed by atoms with Crippen molar-refractivity contribution in [3.8, 4) is 0 Å². The van der Waals surface area contributed by atoms with E-state index in [1.54, 1.807) is 0 Å². The van der Waals surface area contributed by atoms with E-state index in [1.165, 1.54) is 10.4 Å². The van der Waals surface area contributed by atoms with Crippen molar-refractivity contribution < 1.29 is 13.5 Å². The van der Waals surface area contributed by atoms with Crippen molar-refractivity contribution in [2.75, 3.05) is 39.3 Å². The molecular weight excluding hydrogens is 376 g/mol. The first-order valence-corrected chi connectivity index (χ1v) is 9.16. The second-order valence-electron chi connectivity index (χ2n) is 4.16. The van der Waals surface area contributed by atoms with E-state index in [4.69, 9.17) is 16.7 Å². The largest absolute Gasteiger partial charge is 0.395 e. The van der Waals surface area contributed by atoms with Gasteiger partial charge in [0.2, 0.25) is 0 Å². The van der Waals surface area contributed by atoms with Gasteiger partial charge >= 0.3 is 0 Å². The standard InChI is InChI=1S/C10H14BrClN2O3S2/c11-10-8(12)7-9(18-10)19(16,17)14-3-1-13(2-4-14)5-6-15/h7,15H,1-6H2. The topological polar surface area (TPSA) is 60.9 Å². The average molecular weight is 390 g/mol. The number of hydrogen-bond acceptors (Lipinski definition) is 5.